The first-order valence-electron chi connectivity index (χ1n) is 6.44. The third-order valence-electron chi connectivity index (χ3n) is 3.67. The normalized spacial score (nSPS) is 11.5. The van der Waals surface area contributed by atoms with Crippen molar-refractivity contribution in [2.75, 3.05) is 0 Å². The molecule has 4 heteroatoms. The fraction of sp³-hybridized carbons (Fsp3) is 0. The summed E-state index contributed by atoms with van der Waals surface area (Å²) in [5.41, 5.74) is 1.68. The van der Waals surface area contributed by atoms with E-state index in [-0.39, 0.29) is 0 Å². The molecule has 4 aromatic rings. The molecule has 0 aliphatic heterocycles. The zero-order valence-corrected chi connectivity index (χ0v) is 10.6. The van der Waals surface area contributed by atoms with Gasteiger partial charge < -0.3 is 14.5 Å². The summed E-state index contributed by atoms with van der Waals surface area (Å²) in [6.07, 6.45) is 0. The summed E-state index contributed by atoms with van der Waals surface area (Å²) in [5.74, 6) is 0. The van der Waals surface area contributed by atoms with E-state index in [2.05, 4.69) is 12.1 Å². The molecule has 0 unspecified atom stereocenters. The Morgan fingerprint density at radius 3 is 2.30 bits per heavy atom. The van der Waals surface area contributed by atoms with Crippen molar-refractivity contribution in [3.8, 4) is 0 Å². The summed E-state index contributed by atoms with van der Waals surface area (Å²) in [6, 6.07) is 17.5. The van der Waals surface area contributed by atoms with Gasteiger partial charge in [0.05, 0.1) is 0 Å². The lowest BCUT2D eigenvalue weighted by atomic mass is 9.79. The predicted molar refractivity (Wildman–Crippen MR) is 81.1 cm³/mol. The molecule has 20 heavy (non-hydrogen) atoms. The smallest absolute Gasteiger partial charge is 0.456 e. The first-order chi connectivity index (χ1) is 9.74. The van der Waals surface area contributed by atoms with Crippen molar-refractivity contribution in [3.63, 3.8) is 0 Å². The highest BCUT2D eigenvalue weighted by atomic mass is 16.4. The monoisotopic (exact) mass is 262 g/mol. The molecule has 0 radical (unpaired) electrons. The molecule has 3 nitrogen and oxygen atoms in total. The van der Waals surface area contributed by atoms with Gasteiger partial charge in [-0.15, -0.1) is 0 Å². The van der Waals surface area contributed by atoms with Crippen molar-refractivity contribution in [2.45, 2.75) is 0 Å². The van der Waals surface area contributed by atoms with Crippen LogP contribution in [0.4, 0.5) is 0 Å². The summed E-state index contributed by atoms with van der Waals surface area (Å²) in [7, 11) is -1.53. The van der Waals surface area contributed by atoms with Crippen molar-refractivity contribution < 1.29 is 14.5 Å². The maximum atomic E-state index is 9.43. The number of hydrogen-bond donors (Lipinski definition) is 2. The topological polar surface area (TPSA) is 53.6 Å². The number of rotatable bonds is 1. The molecule has 0 bridgehead atoms. The quantitative estimate of drug-likeness (QED) is 0.518. The Hall–Kier alpha value is -2.30. The third kappa shape index (κ3) is 1.56. The second-order valence-electron chi connectivity index (χ2n) is 4.90. The van der Waals surface area contributed by atoms with E-state index in [4.69, 9.17) is 4.42 Å². The van der Waals surface area contributed by atoms with E-state index in [0.29, 0.717) is 11.0 Å². The van der Waals surface area contributed by atoms with Crippen molar-refractivity contribution in [1.29, 1.82) is 0 Å². The summed E-state index contributed by atoms with van der Waals surface area (Å²) in [5, 5.41) is 23.0. The number of furan rings is 1. The first kappa shape index (κ1) is 11.5. The molecule has 0 saturated heterocycles. The molecule has 0 spiro atoms. The van der Waals surface area contributed by atoms with Gasteiger partial charge in [0.2, 0.25) is 0 Å². The zero-order chi connectivity index (χ0) is 13.7. The molecule has 0 aliphatic rings. The largest absolute Gasteiger partial charge is 0.492 e. The average molecular weight is 262 g/mol. The van der Waals surface area contributed by atoms with Gasteiger partial charge in [0.1, 0.15) is 11.2 Å². The van der Waals surface area contributed by atoms with Crippen LogP contribution in [0.3, 0.4) is 0 Å². The second kappa shape index (κ2) is 4.10. The lowest BCUT2D eigenvalue weighted by Gasteiger charge is -1.98. The predicted octanol–water partition coefficient (Wildman–Crippen LogP) is 2.42. The summed E-state index contributed by atoms with van der Waals surface area (Å²) >= 11 is 0. The fourth-order valence-electron chi connectivity index (χ4n) is 2.71. The SMILES string of the molecule is OB(O)c1cccc2c1oc1cc3ccccc3cc12. The summed E-state index contributed by atoms with van der Waals surface area (Å²) in [4.78, 5) is 0. The molecule has 0 fully saturated rings. The summed E-state index contributed by atoms with van der Waals surface area (Å²) < 4.78 is 5.83. The van der Waals surface area contributed by atoms with Crippen molar-refractivity contribution in [1.82, 2.24) is 0 Å². The molecular weight excluding hydrogens is 251 g/mol. The average Bonchev–Trinajstić information content (AvgIpc) is 2.82. The maximum absolute atomic E-state index is 9.43. The van der Waals surface area contributed by atoms with E-state index in [0.717, 1.165) is 27.1 Å². The van der Waals surface area contributed by atoms with Crippen molar-refractivity contribution >= 4 is 45.3 Å². The van der Waals surface area contributed by atoms with E-state index in [1.165, 1.54) is 0 Å². The molecule has 2 N–H and O–H groups in total. The molecule has 1 aromatic heterocycles. The molecule has 3 aromatic carbocycles. The highest BCUT2D eigenvalue weighted by molar-refractivity contribution is 6.61. The molecular formula is C16H11BO3. The number of benzene rings is 3. The van der Waals surface area contributed by atoms with Crippen LogP contribution in [0.2, 0.25) is 0 Å². The van der Waals surface area contributed by atoms with Gasteiger partial charge in [-0.05, 0) is 22.9 Å². The summed E-state index contributed by atoms with van der Waals surface area (Å²) in [6.45, 7) is 0. The van der Waals surface area contributed by atoms with Crippen LogP contribution in [0.25, 0.3) is 32.7 Å². The maximum Gasteiger partial charge on any atom is 0.492 e. The Morgan fingerprint density at radius 2 is 1.55 bits per heavy atom. The minimum Gasteiger partial charge on any atom is -0.456 e. The van der Waals surface area contributed by atoms with Gasteiger partial charge in [-0.1, -0.05) is 42.5 Å². The van der Waals surface area contributed by atoms with Crippen molar-refractivity contribution in [3.05, 3.63) is 54.6 Å². The van der Waals surface area contributed by atoms with Gasteiger partial charge in [-0.25, -0.2) is 0 Å². The fourth-order valence-corrected chi connectivity index (χ4v) is 2.71. The van der Waals surface area contributed by atoms with Crippen LogP contribution in [0.1, 0.15) is 0 Å². The van der Waals surface area contributed by atoms with Crippen LogP contribution in [0, 0.1) is 0 Å². The Balaban J connectivity index is 2.19. The van der Waals surface area contributed by atoms with Gasteiger partial charge in [-0.2, -0.15) is 0 Å². The van der Waals surface area contributed by atoms with Crippen LogP contribution in [0.5, 0.6) is 0 Å². The molecule has 0 amide bonds. The Kier molecular flexibility index (Phi) is 2.36. The number of fused-ring (bicyclic) bond motifs is 4. The minimum absolute atomic E-state index is 0.391. The van der Waals surface area contributed by atoms with Crippen molar-refractivity contribution in [2.24, 2.45) is 0 Å². The first-order valence-corrected chi connectivity index (χ1v) is 6.44. The minimum atomic E-state index is -1.53. The van der Waals surface area contributed by atoms with Crippen LogP contribution in [-0.4, -0.2) is 17.2 Å². The second-order valence-corrected chi connectivity index (χ2v) is 4.90. The zero-order valence-electron chi connectivity index (χ0n) is 10.6. The van der Waals surface area contributed by atoms with E-state index in [9.17, 15) is 10.0 Å². The van der Waals surface area contributed by atoms with E-state index in [1.807, 2.05) is 30.3 Å². The molecule has 96 valence electrons. The molecule has 0 aliphatic carbocycles. The van der Waals surface area contributed by atoms with E-state index >= 15 is 0 Å². The van der Waals surface area contributed by atoms with Gasteiger partial charge in [-0.3, -0.25) is 0 Å². The van der Waals surface area contributed by atoms with E-state index in [1.54, 1.807) is 12.1 Å². The van der Waals surface area contributed by atoms with Gasteiger partial charge in [0, 0.05) is 16.2 Å². The van der Waals surface area contributed by atoms with Crippen LogP contribution in [0.15, 0.2) is 59.0 Å². The lowest BCUT2D eigenvalue weighted by Crippen LogP contribution is -2.29. The Morgan fingerprint density at radius 1 is 0.800 bits per heavy atom. The molecule has 0 saturated carbocycles. The molecule has 1 heterocycles. The number of hydrogen-bond acceptors (Lipinski definition) is 3. The van der Waals surface area contributed by atoms with Gasteiger partial charge in [0.25, 0.3) is 0 Å². The standard InChI is InChI=1S/C16H11BO3/c18-17(19)14-7-3-6-12-13-8-10-4-1-2-5-11(10)9-15(13)20-16(12)14/h1-9,18-19H. The Bertz CT molecular complexity index is 940. The van der Waals surface area contributed by atoms with E-state index < -0.39 is 7.12 Å². The van der Waals surface area contributed by atoms with Crippen LogP contribution >= 0.6 is 0 Å². The van der Waals surface area contributed by atoms with Crippen LogP contribution < -0.4 is 5.46 Å². The third-order valence-corrected chi connectivity index (χ3v) is 3.67. The van der Waals surface area contributed by atoms with Gasteiger partial charge >= 0.3 is 7.12 Å². The lowest BCUT2D eigenvalue weighted by molar-refractivity contribution is 0.425. The number of para-hydroxylation sites is 1. The highest BCUT2D eigenvalue weighted by Gasteiger charge is 2.19. The Labute approximate surface area is 115 Å². The van der Waals surface area contributed by atoms with Crippen LogP contribution in [-0.2, 0) is 0 Å². The highest BCUT2D eigenvalue weighted by Crippen LogP contribution is 2.31. The molecule has 0 atom stereocenters. The molecule has 4 rings (SSSR count). The van der Waals surface area contributed by atoms with Gasteiger partial charge in [0.15, 0.2) is 0 Å².